The number of ether oxygens (including phenoxy) is 1. The molecule has 0 aliphatic carbocycles. The molecule has 0 saturated heterocycles. The van der Waals surface area contributed by atoms with Crippen molar-refractivity contribution in [2.75, 3.05) is 6.61 Å². The molecule has 2 aromatic rings. The van der Waals surface area contributed by atoms with Gasteiger partial charge in [0.1, 0.15) is 17.4 Å². The highest BCUT2D eigenvalue weighted by atomic mass is 79.9. The highest BCUT2D eigenvalue weighted by molar-refractivity contribution is 9.10. The van der Waals surface area contributed by atoms with Crippen LogP contribution in [0.5, 0.6) is 5.75 Å². The SMILES string of the molecule is CCCOc1ccc(C(N)c2ccc(F)cc2F)cc1Br. The summed E-state index contributed by atoms with van der Waals surface area (Å²) in [5.41, 5.74) is 7.04. The summed E-state index contributed by atoms with van der Waals surface area (Å²) >= 11 is 3.41. The molecule has 21 heavy (non-hydrogen) atoms. The summed E-state index contributed by atoms with van der Waals surface area (Å²) in [6, 6.07) is 8.10. The zero-order valence-corrected chi connectivity index (χ0v) is 13.2. The lowest BCUT2D eigenvalue weighted by atomic mass is 9.99. The van der Waals surface area contributed by atoms with Gasteiger partial charge in [0.05, 0.1) is 17.1 Å². The first kappa shape index (κ1) is 15.9. The van der Waals surface area contributed by atoms with Crippen LogP contribution in [-0.2, 0) is 0 Å². The molecule has 1 unspecified atom stereocenters. The van der Waals surface area contributed by atoms with Crippen molar-refractivity contribution in [1.29, 1.82) is 0 Å². The molecule has 1 atom stereocenters. The zero-order valence-electron chi connectivity index (χ0n) is 11.6. The lowest BCUT2D eigenvalue weighted by molar-refractivity contribution is 0.315. The third kappa shape index (κ3) is 3.80. The van der Waals surface area contributed by atoms with Gasteiger partial charge in [-0.3, -0.25) is 0 Å². The maximum absolute atomic E-state index is 13.8. The fourth-order valence-electron chi connectivity index (χ4n) is 1.97. The Morgan fingerprint density at radius 2 is 1.95 bits per heavy atom. The van der Waals surface area contributed by atoms with Crippen molar-refractivity contribution in [3.63, 3.8) is 0 Å². The first-order valence-corrected chi connectivity index (χ1v) is 7.45. The minimum absolute atomic E-state index is 0.255. The molecule has 0 aliphatic rings. The molecule has 0 aliphatic heterocycles. The maximum Gasteiger partial charge on any atom is 0.133 e. The molecular formula is C16H16BrF2NO. The van der Waals surface area contributed by atoms with Gasteiger partial charge in [0, 0.05) is 11.6 Å². The number of hydrogen-bond acceptors (Lipinski definition) is 2. The number of benzene rings is 2. The summed E-state index contributed by atoms with van der Waals surface area (Å²) in [5.74, 6) is -0.551. The molecule has 2 rings (SSSR count). The minimum atomic E-state index is -0.665. The van der Waals surface area contributed by atoms with Crippen LogP contribution < -0.4 is 10.5 Å². The largest absolute Gasteiger partial charge is 0.492 e. The van der Waals surface area contributed by atoms with Gasteiger partial charge in [0.2, 0.25) is 0 Å². The quantitative estimate of drug-likeness (QED) is 0.852. The fourth-order valence-corrected chi connectivity index (χ4v) is 2.48. The van der Waals surface area contributed by atoms with E-state index in [1.807, 2.05) is 6.92 Å². The number of nitrogens with two attached hydrogens (primary N) is 1. The summed E-state index contributed by atoms with van der Waals surface area (Å²) in [6.45, 7) is 2.64. The van der Waals surface area contributed by atoms with Gasteiger partial charge in [-0.15, -0.1) is 0 Å². The molecule has 0 amide bonds. The van der Waals surface area contributed by atoms with Crippen LogP contribution in [0.15, 0.2) is 40.9 Å². The van der Waals surface area contributed by atoms with E-state index in [0.29, 0.717) is 12.4 Å². The van der Waals surface area contributed by atoms with Crippen molar-refractivity contribution in [2.45, 2.75) is 19.4 Å². The van der Waals surface area contributed by atoms with E-state index in [1.54, 1.807) is 18.2 Å². The molecule has 2 nitrogen and oxygen atoms in total. The first-order valence-electron chi connectivity index (χ1n) is 6.65. The van der Waals surface area contributed by atoms with Crippen LogP contribution in [0.25, 0.3) is 0 Å². The molecule has 112 valence electrons. The second kappa shape index (κ2) is 7.00. The van der Waals surface area contributed by atoms with Crippen LogP contribution in [0.4, 0.5) is 8.78 Å². The highest BCUT2D eigenvalue weighted by Crippen LogP contribution is 2.30. The zero-order chi connectivity index (χ0) is 15.4. The summed E-state index contributed by atoms with van der Waals surface area (Å²) in [4.78, 5) is 0. The van der Waals surface area contributed by atoms with Crippen molar-refractivity contribution < 1.29 is 13.5 Å². The summed E-state index contributed by atoms with van der Waals surface area (Å²) in [5, 5.41) is 0. The third-order valence-electron chi connectivity index (χ3n) is 3.07. The normalized spacial score (nSPS) is 12.2. The molecular weight excluding hydrogens is 340 g/mol. The minimum Gasteiger partial charge on any atom is -0.492 e. The summed E-state index contributed by atoms with van der Waals surface area (Å²) in [7, 11) is 0. The Hall–Kier alpha value is -1.46. The molecule has 5 heteroatoms. The lowest BCUT2D eigenvalue weighted by Gasteiger charge is -2.15. The number of rotatable bonds is 5. The average Bonchev–Trinajstić information content (AvgIpc) is 2.45. The van der Waals surface area contributed by atoms with E-state index < -0.39 is 17.7 Å². The van der Waals surface area contributed by atoms with Gasteiger partial charge >= 0.3 is 0 Å². The molecule has 2 aromatic carbocycles. The number of halogens is 3. The van der Waals surface area contributed by atoms with Crippen molar-refractivity contribution in [1.82, 2.24) is 0 Å². The molecule has 0 bridgehead atoms. The molecule has 2 N–H and O–H groups in total. The Morgan fingerprint density at radius 1 is 1.19 bits per heavy atom. The van der Waals surface area contributed by atoms with E-state index in [9.17, 15) is 8.78 Å². The van der Waals surface area contributed by atoms with Crippen LogP contribution in [0.1, 0.15) is 30.5 Å². The first-order chi connectivity index (χ1) is 10.0. The molecule has 0 spiro atoms. The van der Waals surface area contributed by atoms with Crippen molar-refractivity contribution >= 4 is 15.9 Å². The van der Waals surface area contributed by atoms with E-state index >= 15 is 0 Å². The van der Waals surface area contributed by atoms with E-state index in [2.05, 4.69) is 15.9 Å². The van der Waals surface area contributed by atoms with Gasteiger partial charge in [-0.25, -0.2) is 8.78 Å². The molecule has 0 fully saturated rings. The Balaban J connectivity index is 2.27. The predicted molar refractivity (Wildman–Crippen MR) is 82.3 cm³/mol. The van der Waals surface area contributed by atoms with E-state index in [4.69, 9.17) is 10.5 Å². The van der Waals surface area contributed by atoms with Gasteiger partial charge in [-0.2, -0.15) is 0 Å². The van der Waals surface area contributed by atoms with E-state index in [1.165, 1.54) is 12.1 Å². The van der Waals surface area contributed by atoms with Gasteiger partial charge < -0.3 is 10.5 Å². The maximum atomic E-state index is 13.8. The molecule has 0 aromatic heterocycles. The van der Waals surface area contributed by atoms with Gasteiger partial charge in [-0.05, 0) is 46.1 Å². The topological polar surface area (TPSA) is 35.2 Å². The van der Waals surface area contributed by atoms with Crippen molar-refractivity contribution in [2.24, 2.45) is 5.73 Å². The fraction of sp³-hybridized carbons (Fsp3) is 0.250. The monoisotopic (exact) mass is 355 g/mol. The Bertz CT molecular complexity index is 634. The Labute approximate surface area is 131 Å². The average molecular weight is 356 g/mol. The Kier molecular flexibility index (Phi) is 5.31. The summed E-state index contributed by atoms with van der Waals surface area (Å²) < 4.78 is 33.0. The summed E-state index contributed by atoms with van der Waals surface area (Å²) in [6.07, 6.45) is 0.911. The molecule has 0 radical (unpaired) electrons. The van der Waals surface area contributed by atoms with Gasteiger partial charge in [0.25, 0.3) is 0 Å². The van der Waals surface area contributed by atoms with Crippen LogP contribution >= 0.6 is 15.9 Å². The van der Waals surface area contributed by atoms with Crippen molar-refractivity contribution in [3.05, 3.63) is 63.6 Å². The van der Waals surface area contributed by atoms with Gasteiger partial charge in [0.15, 0.2) is 0 Å². The van der Waals surface area contributed by atoms with E-state index in [-0.39, 0.29) is 5.56 Å². The van der Waals surface area contributed by atoms with E-state index in [0.717, 1.165) is 22.5 Å². The van der Waals surface area contributed by atoms with Crippen LogP contribution in [-0.4, -0.2) is 6.61 Å². The molecule has 0 heterocycles. The highest BCUT2D eigenvalue weighted by Gasteiger charge is 2.15. The second-order valence-corrected chi connectivity index (χ2v) is 5.54. The Morgan fingerprint density at radius 3 is 2.57 bits per heavy atom. The van der Waals surface area contributed by atoms with Gasteiger partial charge in [-0.1, -0.05) is 19.1 Å². The standard InChI is InChI=1S/C16H16BrF2NO/c1-2-7-21-15-6-3-10(8-13(15)17)16(20)12-5-4-11(18)9-14(12)19/h3-6,8-9,16H,2,7,20H2,1H3. The molecule has 0 saturated carbocycles. The smallest absolute Gasteiger partial charge is 0.133 e. The predicted octanol–water partition coefficient (Wildman–Crippen LogP) is 4.56. The van der Waals surface area contributed by atoms with Crippen LogP contribution in [0.3, 0.4) is 0 Å². The third-order valence-corrected chi connectivity index (χ3v) is 3.69. The van der Waals surface area contributed by atoms with Crippen LogP contribution in [0, 0.1) is 11.6 Å². The van der Waals surface area contributed by atoms with Crippen molar-refractivity contribution in [3.8, 4) is 5.75 Å². The van der Waals surface area contributed by atoms with Crippen LogP contribution in [0.2, 0.25) is 0 Å². The lowest BCUT2D eigenvalue weighted by Crippen LogP contribution is -2.14. The second-order valence-electron chi connectivity index (χ2n) is 4.68. The number of hydrogen-bond donors (Lipinski definition) is 1.